The summed E-state index contributed by atoms with van der Waals surface area (Å²) >= 11 is 6.11. The first kappa shape index (κ1) is 17.0. The van der Waals surface area contributed by atoms with E-state index < -0.39 is 16.1 Å². The number of anilines is 1. The molecule has 0 aromatic heterocycles. The standard InChI is InChI=1S/C17H17ClN2O3S/c1-12-6-5-9-15(16(12)18)24(22,23)19-14-10-11-20(17(14)21)13-7-3-2-4-8-13/h2-9,14,19H,10-11H2,1H3. The number of sulfonamides is 1. The number of carbonyl (C=O) groups excluding carboxylic acids is 1. The first-order chi connectivity index (χ1) is 11.4. The van der Waals surface area contributed by atoms with Gasteiger partial charge in [-0.3, -0.25) is 4.79 Å². The molecular weight excluding hydrogens is 348 g/mol. The summed E-state index contributed by atoms with van der Waals surface area (Å²) in [6.45, 7) is 2.21. The Morgan fingerprint density at radius 1 is 1.12 bits per heavy atom. The molecule has 2 aromatic rings. The van der Waals surface area contributed by atoms with Crippen LogP contribution in [-0.4, -0.2) is 26.9 Å². The van der Waals surface area contributed by atoms with Crippen LogP contribution in [0.2, 0.25) is 5.02 Å². The predicted molar refractivity (Wildman–Crippen MR) is 93.7 cm³/mol. The summed E-state index contributed by atoms with van der Waals surface area (Å²) in [6, 6.07) is 13.2. The van der Waals surface area contributed by atoms with Gasteiger partial charge in [0, 0.05) is 12.2 Å². The number of nitrogens with one attached hydrogen (secondary N) is 1. The minimum atomic E-state index is -3.86. The molecule has 1 N–H and O–H groups in total. The number of para-hydroxylation sites is 1. The molecular formula is C17H17ClN2O3S. The Bertz CT molecular complexity index is 869. The molecule has 1 aliphatic heterocycles. The van der Waals surface area contributed by atoms with Gasteiger partial charge in [0.2, 0.25) is 15.9 Å². The minimum absolute atomic E-state index is 0.00451. The molecule has 5 nitrogen and oxygen atoms in total. The summed E-state index contributed by atoms with van der Waals surface area (Å²) in [5, 5.41) is 0.176. The predicted octanol–water partition coefficient (Wildman–Crippen LogP) is 2.73. The van der Waals surface area contributed by atoms with Crippen molar-refractivity contribution in [3.63, 3.8) is 0 Å². The number of hydrogen-bond acceptors (Lipinski definition) is 3. The lowest BCUT2D eigenvalue weighted by Gasteiger charge is -2.17. The van der Waals surface area contributed by atoms with E-state index in [1.807, 2.05) is 30.3 Å². The van der Waals surface area contributed by atoms with Gasteiger partial charge in [-0.2, -0.15) is 4.72 Å². The van der Waals surface area contributed by atoms with Crippen molar-refractivity contribution in [1.82, 2.24) is 4.72 Å². The molecule has 1 fully saturated rings. The molecule has 7 heteroatoms. The van der Waals surface area contributed by atoms with Crippen molar-refractivity contribution in [1.29, 1.82) is 0 Å². The number of nitrogens with zero attached hydrogens (tertiary/aromatic N) is 1. The fourth-order valence-electron chi connectivity index (χ4n) is 2.73. The lowest BCUT2D eigenvalue weighted by atomic mass is 10.2. The molecule has 0 saturated carbocycles. The van der Waals surface area contributed by atoms with Crippen LogP contribution in [-0.2, 0) is 14.8 Å². The van der Waals surface area contributed by atoms with Crippen LogP contribution in [0.15, 0.2) is 53.4 Å². The van der Waals surface area contributed by atoms with Gasteiger partial charge in [-0.05, 0) is 37.1 Å². The molecule has 1 unspecified atom stereocenters. The molecule has 24 heavy (non-hydrogen) atoms. The van der Waals surface area contributed by atoms with E-state index in [0.717, 1.165) is 5.69 Å². The first-order valence-corrected chi connectivity index (χ1v) is 9.40. The second kappa shape index (κ2) is 6.55. The summed E-state index contributed by atoms with van der Waals surface area (Å²) in [5.74, 6) is -0.256. The number of rotatable bonds is 4. The van der Waals surface area contributed by atoms with E-state index in [4.69, 9.17) is 11.6 Å². The lowest BCUT2D eigenvalue weighted by Crippen LogP contribution is -2.41. The van der Waals surface area contributed by atoms with Crippen molar-refractivity contribution in [3.05, 3.63) is 59.1 Å². The van der Waals surface area contributed by atoms with Gasteiger partial charge < -0.3 is 4.90 Å². The Labute approximate surface area is 146 Å². The third-order valence-electron chi connectivity index (χ3n) is 4.02. The molecule has 3 rings (SSSR count). The molecule has 1 aliphatic rings. The van der Waals surface area contributed by atoms with E-state index in [1.165, 1.54) is 6.07 Å². The lowest BCUT2D eigenvalue weighted by molar-refractivity contribution is -0.118. The van der Waals surface area contributed by atoms with Crippen LogP contribution in [0.4, 0.5) is 5.69 Å². The molecule has 1 amide bonds. The van der Waals surface area contributed by atoms with Crippen LogP contribution >= 0.6 is 11.6 Å². The Morgan fingerprint density at radius 2 is 1.83 bits per heavy atom. The highest BCUT2D eigenvalue weighted by Crippen LogP contribution is 2.26. The summed E-state index contributed by atoms with van der Waals surface area (Å²) in [4.78, 5) is 14.1. The molecule has 0 spiro atoms. The Hall–Kier alpha value is -1.89. The van der Waals surface area contributed by atoms with Crippen molar-refractivity contribution in [2.45, 2.75) is 24.3 Å². The topological polar surface area (TPSA) is 66.5 Å². The highest BCUT2D eigenvalue weighted by atomic mass is 35.5. The minimum Gasteiger partial charge on any atom is -0.311 e. The molecule has 0 aliphatic carbocycles. The molecule has 1 saturated heterocycles. The Balaban J connectivity index is 1.82. The third kappa shape index (κ3) is 3.17. The maximum absolute atomic E-state index is 12.6. The van der Waals surface area contributed by atoms with Crippen molar-refractivity contribution in [2.24, 2.45) is 0 Å². The van der Waals surface area contributed by atoms with Crippen LogP contribution in [0.1, 0.15) is 12.0 Å². The number of amides is 1. The molecule has 1 atom stereocenters. The molecule has 0 radical (unpaired) electrons. The highest BCUT2D eigenvalue weighted by molar-refractivity contribution is 7.89. The van der Waals surface area contributed by atoms with E-state index >= 15 is 0 Å². The van der Waals surface area contributed by atoms with Crippen LogP contribution in [0.5, 0.6) is 0 Å². The highest BCUT2D eigenvalue weighted by Gasteiger charge is 2.36. The van der Waals surface area contributed by atoms with Gasteiger partial charge in [-0.25, -0.2) is 8.42 Å². The molecule has 2 aromatic carbocycles. The average Bonchev–Trinajstić information content (AvgIpc) is 2.91. The summed E-state index contributed by atoms with van der Waals surface area (Å²) in [7, 11) is -3.86. The van der Waals surface area contributed by atoms with Crippen LogP contribution in [0.3, 0.4) is 0 Å². The molecule has 1 heterocycles. The van der Waals surface area contributed by atoms with Crippen molar-refractivity contribution in [2.75, 3.05) is 11.4 Å². The van der Waals surface area contributed by atoms with Gasteiger partial charge in [0.15, 0.2) is 0 Å². The quantitative estimate of drug-likeness (QED) is 0.907. The van der Waals surface area contributed by atoms with Crippen LogP contribution in [0, 0.1) is 6.92 Å². The van der Waals surface area contributed by atoms with Gasteiger partial charge in [-0.15, -0.1) is 0 Å². The number of halogens is 1. The van der Waals surface area contributed by atoms with Gasteiger partial charge >= 0.3 is 0 Å². The number of carbonyl (C=O) groups is 1. The summed E-state index contributed by atoms with van der Waals surface area (Å²) in [5.41, 5.74) is 1.43. The fourth-order valence-corrected chi connectivity index (χ4v) is 4.54. The smallest absolute Gasteiger partial charge is 0.245 e. The zero-order valence-electron chi connectivity index (χ0n) is 13.1. The van der Waals surface area contributed by atoms with E-state index in [2.05, 4.69) is 4.72 Å². The van der Waals surface area contributed by atoms with E-state index in [-0.39, 0.29) is 15.8 Å². The average molecular weight is 365 g/mol. The van der Waals surface area contributed by atoms with Crippen molar-refractivity contribution in [3.8, 4) is 0 Å². The molecule has 126 valence electrons. The zero-order valence-corrected chi connectivity index (χ0v) is 14.6. The number of aryl methyl sites for hydroxylation is 1. The fraction of sp³-hybridized carbons (Fsp3) is 0.235. The maximum atomic E-state index is 12.6. The van der Waals surface area contributed by atoms with Gasteiger partial charge in [0.05, 0.1) is 5.02 Å². The zero-order chi connectivity index (χ0) is 17.3. The number of benzene rings is 2. The van der Waals surface area contributed by atoms with E-state index in [9.17, 15) is 13.2 Å². The SMILES string of the molecule is Cc1cccc(S(=O)(=O)NC2CCN(c3ccccc3)C2=O)c1Cl. The van der Waals surface area contributed by atoms with Crippen LogP contribution < -0.4 is 9.62 Å². The van der Waals surface area contributed by atoms with Crippen LogP contribution in [0.25, 0.3) is 0 Å². The normalized spacial score (nSPS) is 18.2. The van der Waals surface area contributed by atoms with Crippen molar-refractivity contribution >= 4 is 33.2 Å². The Morgan fingerprint density at radius 3 is 2.54 bits per heavy atom. The Kier molecular flexibility index (Phi) is 4.62. The van der Waals surface area contributed by atoms with Gasteiger partial charge in [0.25, 0.3) is 0 Å². The first-order valence-electron chi connectivity index (χ1n) is 7.54. The van der Waals surface area contributed by atoms with Crippen molar-refractivity contribution < 1.29 is 13.2 Å². The summed E-state index contributed by atoms with van der Waals surface area (Å²) < 4.78 is 27.7. The van der Waals surface area contributed by atoms with E-state index in [1.54, 1.807) is 24.0 Å². The largest absolute Gasteiger partial charge is 0.311 e. The van der Waals surface area contributed by atoms with Gasteiger partial charge in [-0.1, -0.05) is 41.9 Å². The van der Waals surface area contributed by atoms with E-state index in [0.29, 0.717) is 18.5 Å². The van der Waals surface area contributed by atoms with Gasteiger partial charge in [0.1, 0.15) is 10.9 Å². The second-order valence-corrected chi connectivity index (χ2v) is 7.74. The molecule has 0 bridgehead atoms. The monoisotopic (exact) mass is 364 g/mol. The third-order valence-corrected chi connectivity index (χ3v) is 6.14. The summed E-state index contributed by atoms with van der Waals surface area (Å²) in [6.07, 6.45) is 0.413. The maximum Gasteiger partial charge on any atom is 0.245 e. The number of hydrogen-bond donors (Lipinski definition) is 1. The second-order valence-electron chi connectivity index (χ2n) is 5.68.